The number of amides is 1. The van der Waals surface area contributed by atoms with Crippen LogP contribution < -0.4 is 10.6 Å². The van der Waals surface area contributed by atoms with Crippen LogP contribution >= 0.6 is 15.9 Å². The van der Waals surface area contributed by atoms with Crippen LogP contribution in [0.1, 0.15) is 37.3 Å². The first-order valence-corrected chi connectivity index (χ1v) is 6.94. The van der Waals surface area contributed by atoms with E-state index in [1.54, 1.807) is 12.1 Å². The van der Waals surface area contributed by atoms with Crippen LogP contribution in [0, 0.1) is 5.82 Å². The molecule has 2 N–H and O–H groups in total. The van der Waals surface area contributed by atoms with Gasteiger partial charge in [-0.05, 0) is 59.3 Å². The minimum Gasteiger partial charge on any atom is -0.336 e. The molecule has 0 radical (unpaired) electrons. The second-order valence-corrected chi connectivity index (χ2v) is 5.88. The molecule has 1 aliphatic heterocycles. The Morgan fingerprint density at radius 3 is 2.72 bits per heavy atom. The summed E-state index contributed by atoms with van der Waals surface area (Å²) in [6.45, 7) is 0. The van der Waals surface area contributed by atoms with Crippen LogP contribution in [0.3, 0.4) is 0 Å². The summed E-state index contributed by atoms with van der Waals surface area (Å²) in [5.41, 5.74) is 0.562. The molecule has 1 amide bonds. The van der Waals surface area contributed by atoms with Crippen molar-refractivity contribution in [1.82, 2.24) is 10.6 Å². The van der Waals surface area contributed by atoms with E-state index in [4.69, 9.17) is 0 Å². The Bertz CT molecular complexity index is 500. The molecule has 96 valence electrons. The predicted octanol–water partition coefficient (Wildman–Crippen LogP) is 2.62. The van der Waals surface area contributed by atoms with Gasteiger partial charge in [0.25, 0.3) is 0 Å². The van der Waals surface area contributed by atoms with E-state index >= 15 is 0 Å². The maximum Gasteiger partial charge on any atom is 0.243 e. The number of hydrogen-bond acceptors (Lipinski definition) is 2. The monoisotopic (exact) mass is 312 g/mol. The second kappa shape index (κ2) is 4.31. The summed E-state index contributed by atoms with van der Waals surface area (Å²) in [4.78, 5) is 12.0. The van der Waals surface area contributed by atoms with E-state index in [-0.39, 0.29) is 23.4 Å². The number of hydrogen-bond donors (Lipinski definition) is 2. The summed E-state index contributed by atoms with van der Waals surface area (Å²) >= 11 is 3.15. The van der Waals surface area contributed by atoms with Gasteiger partial charge in [0.05, 0.1) is 10.1 Å². The molecule has 1 heterocycles. The summed E-state index contributed by atoms with van der Waals surface area (Å²) in [5.74, 6) is -0.330. The van der Waals surface area contributed by atoms with Crippen LogP contribution in [0.25, 0.3) is 0 Å². The number of rotatable bonds is 1. The Labute approximate surface area is 113 Å². The zero-order chi connectivity index (χ0) is 12.8. The fraction of sp³-hybridized carbons (Fsp3) is 0.462. The molecule has 1 saturated heterocycles. The van der Waals surface area contributed by atoms with Crippen molar-refractivity contribution < 1.29 is 9.18 Å². The zero-order valence-corrected chi connectivity index (χ0v) is 11.4. The lowest BCUT2D eigenvalue weighted by molar-refractivity contribution is -0.121. The second-order valence-electron chi connectivity index (χ2n) is 5.03. The van der Waals surface area contributed by atoms with Crippen molar-refractivity contribution in [2.75, 3.05) is 0 Å². The molecule has 1 aliphatic carbocycles. The molecular weight excluding hydrogens is 299 g/mol. The van der Waals surface area contributed by atoms with E-state index in [1.807, 2.05) is 0 Å². The van der Waals surface area contributed by atoms with Gasteiger partial charge >= 0.3 is 0 Å². The lowest BCUT2D eigenvalue weighted by Crippen LogP contribution is -2.46. The van der Waals surface area contributed by atoms with E-state index in [2.05, 4.69) is 26.6 Å². The minimum absolute atomic E-state index is 0.0181. The van der Waals surface area contributed by atoms with Crippen LogP contribution in [-0.2, 0) is 4.79 Å². The molecule has 18 heavy (non-hydrogen) atoms. The highest BCUT2D eigenvalue weighted by Gasteiger charge is 2.45. The van der Waals surface area contributed by atoms with E-state index in [0.29, 0.717) is 4.47 Å². The Kier molecular flexibility index (Phi) is 2.90. The van der Waals surface area contributed by atoms with Gasteiger partial charge in [-0.15, -0.1) is 0 Å². The summed E-state index contributed by atoms with van der Waals surface area (Å²) in [7, 11) is 0. The first-order valence-electron chi connectivity index (χ1n) is 6.14. The van der Waals surface area contributed by atoms with Crippen LogP contribution in [0.5, 0.6) is 0 Å². The Morgan fingerprint density at radius 1 is 1.33 bits per heavy atom. The molecule has 0 bridgehead atoms. The Hall–Kier alpha value is -0.940. The normalized spacial score (nSPS) is 25.7. The van der Waals surface area contributed by atoms with Crippen LogP contribution in [0.15, 0.2) is 22.7 Å². The van der Waals surface area contributed by atoms with Crippen molar-refractivity contribution >= 4 is 21.8 Å². The van der Waals surface area contributed by atoms with Gasteiger partial charge < -0.3 is 5.32 Å². The standard InChI is InChI=1S/C13H14BrFN2O/c14-9-7-8(3-4-10(9)15)11-12(18)17-13(16-11)5-1-2-6-13/h3-4,7,11,16H,1-2,5-6H2,(H,17,18). The molecule has 1 aromatic rings. The third-order valence-electron chi connectivity index (χ3n) is 3.78. The maximum atomic E-state index is 13.2. The zero-order valence-electron chi connectivity index (χ0n) is 9.80. The van der Waals surface area contributed by atoms with Gasteiger partial charge in [0, 0.05) is 0 Å². The van der Waals surface area contributed by atoms with E-state index in [9.17, 15) is 9.18 Å². The number of carbonyl (C=O) groups is 1. The summed E-state index contributed by atoms with van der Waals surface area (Å²) in [6.07, 6.45) is 4.20. The maximum absolute atomic E-state index is 13.2. The molecular formula is C13H14BrFN2O. The minimum atomic E-state index is -0.375. The fourth-order valence-electron chi connectivity index (χ4n) is 2.86. The van der Waals surface area contributed by atoms with Crippen molar-refractivity contribution in [1.29, 1.82) is 0 Å². The number of nitrogens with one attached hydrogen (secondary N) is 2. The van der Waals surface area contributed by atoms with Crippen LogP contribution in [0.4, 0.5) is 4.39 Å². The molecule has 5 heteroatoms. The highest BCUT2D eigenvalue weighted by atomic mass is 79.9. The number of halogens is 2. The molecule has 2 fully saturated rings. The lowest BCUT2D eigenvalue weighted by atomic mass is 10.1. The highest BCUT2D eigenvalue weighted by Crippen LogP contribution is 2.35. The molecule has 1 spiro atoms. The third kappa shape index (κ3) is 1.95. The van der Waals surface area contributed by atoms with Gasteiger partial charge in [-0.1, -0.05) is 6.07 Å². The summed E-state index contributed by atoms with van der Waals surface area (Å²) in [6, 6.07) is 4.33. The van der Waals surface area contributed by atoms with Gasteiger partial charge in [-0.25, -0.2) is 4.39 Å². The van der Waals surface area contributed by atoms with Gasteiger partial charge in [0.2, 0.25) is 5.91 Å². The third-order valence-corrected chi connectivity index (χ3v) is 4.39. The van der Waals surface area contributed by atoms with Gasteiger partial charge in [-0.2, -0.15) is 0 Å². The number of benzene rings is 1. The smallest absolute Gasteiger partial charge is 0.243 e. The molecule has 1 aromatic carbocycles. The average molecular weight is 313 g/mol. The van der Waals surface area contributed by atoms with Crippen LogP contribution in [-0.4, -0.2) is 11.6 Å². The van der Waals surface area contributed by atoms with Crippen molar-refractivity contribution in [3.8, 4) is 0 Å². The molecule has 2 aliphatic rings. The molecule has 3 nitrogen and oxygen atoms in total. The lowest BCUT2D eigenvalue weighted by Gasteiger charge is -2.23. The van der Waals surface area contributed by atoms with Gasteiger partial charge in [0.15, 0.2) is 0 Å². The molecule has 1 atom stereocenters. The van der Waals surface area contributed by atoms with E-state index in [1.165, 1.54) is 6.07 Å². The van der Waals surface area contributed by atoms with Gasteiger partial charge in [-0.3, -0.25) is 10.1 Å². The Morgan fingerprint density at radius 2 is 2.06 bits per heavy atom. The molecule has 1 saturated carbocycles. The quantitative estimate of drug-likeness (QED) is 0.837. The first-order chi connectivity index (χ1) is 8.60. The topological polar surface area (TPSA) is 41.1 Å². The first kappa shape index (κ1) is 12.1. The Balaban J connectivity index is 1.88. The largest absolute Gasteiger partial charge is 0.336 e. The summed E-state index contributed by atoms with van der Waals surface area (Å²) in [5, 5.41) is 6.43. The molecule has 1 unspecified atom stereocenters. The fourth-order valence-corrected chi connectivity index (χ4v) is 3.26. The summed E-state index contributed by atoms with van der Waals surface area (Å²) < 4.78 is 13.6. The SMILES string of the molecule is O=C1NC2(CCCC2)NC1c1ccc(F)c(Br)c1. The van der Waals surface area contributed by atoms with Crippen LogP contribution in [0.2, 0.25) is 0 Å². The molecule has 3 rings (SSSR count). The highest BCUT2D eigenvalue weighted by molar-refractivity contribution is 9.10. The molecule has 0 aromatic heterocycles. The van der Waals surface area contributed by atoms with Crippen molar-refractivity contribution in [3.05, 3.63) is 34.1 Å². The number of carbonyl (C=O) groups excluding carboxylic acids is 1. The predicted molar refractivity (Wildman–Crippen MR) is 69.3 cm³/mol. The average Bonchev–Trinajstić information content (AvgIpc) is 2.91. The van der Waals surface area contributed by atoms with Crippen molar-refractivity contribution in [2.45, 2.75) is 37.4 Å². The van der Waals surface area contributed by atoms with Crippen molar-refractivity contribution in [3.63, 3.8) is 0 Å². The van der Waals surface area contributed by atoms with E-state index < -0.39 is 0 Å². The van der Waals surface area contributed by atoms with Crippen molar-refractivity contribution in [2.24, 2.45) is 0 Å². The van der Waals surface area contributed by atoms with Gasteiger partial charge in [0.1, 0.15) is 11.9 Å². The van der Waals surface area contributed by atoms with E-state index in [0.717, 1.165) is 31.2 Å².